The third-order valence-electron chi connectivity index (χ3n) is 3.75. The highest BCUT2D eigenvalue weighted by Gasteiger charge is 2.19. The zero-order valence-electron chi connectivity index (χ0n) is 11.2. The zero-order valence-corrected chi connectivity index (χ0v) is 11.2. The maximum absolute atomic E-state index is 4.46. The summed E-state index contributed by atoms with van der Waals surface area (Å²) in [4.78, 5) is 2.45. The van der Waals surface area contributed by atoms with Crippen LogP contribution < -0.4 is 5.32 Å². The lowest BCUT2D eigenvalue weighted by Gasteiger charge is -2.19. The van der Waals surface area contributed by atoms with Gasteiger partial charge in [0, 0.05) is 26.2 Å². The maximum atomic E-state index is 4.46. The molecule has 1 aromatic rings. The SMILES string of the molecule is CCc1cc(CNCC2CCCN2C)n(C)n1. The highest BCUT2D eigenvalue weighted by molar-refractivity contribution is 5.09. The molecular weight excluding hydrogens is 212 g/mol. The van der Waals surface area contributed by atoms with Crippen LogP contribution in [0.25, 0.3) is 0 Å². The molecule has 1 aliphatic rings. The highest BCUT2D eigenvalue weighted by Crippen LogP contribution is 2.13. The molecule has 1 atom stereocenters. The first-order chi connectivity index (χ1) is 8.20. The molecule has 0 aromatic carbocycles. The minimum absolute atomic E-state index is 0.717. The Kier molecular flexibility index (Phi) is 4.18. The van der Waals surface area contributed by atoms with Gasteiger partial charge in [0.1, 0.15) is 0 Å². The van der Waals surface area contributed by atoms with Gasteiger partial charge in [0.25, 0.3) is 0 Å². The molecular formula is C13H24N4. The van der Waals surface area contributed by atoms with Crippen LogP contribution in [0.1, 0.15) is 31.2 Å². The van der Waals surface area contributed by atoms with Crippen LogP contribution in [0.3, 0.4) is 0 Å². The second kappa shape index (κ2) is 5.65. The summed E-state index contributed by atoms with van der Waals surface area (Å²) < 4.78 is 1.99. The molecule has 2 heterocycles. The summed E-state index contributed by atoms with van der Waals surface area (Å²) in [5.41, 5.74) is 2.46. The Bertz CT molecular complexity index is 358. The van der Waals surface area contributed by atoms with Gasteiger partial charge in [0.05, 0.1) is 11.4 Å². The van der Waals surface area contributed by atoms with Crippen LogP contribution in [0.15, 0.2) is 6.07 Å². The van der Waals surface area contributed by atoms with Crippen molar-refractivity contribution in [3.63, 3.8) is 0 Å². The molecule has 4 nitrogen and oxygen atoms in total. The van der Waals surface area contributed by atoms with E-state index < -0.39 is 0 Å². The molecule has 0 saturated carbocycles. The van der Waals surface area contributed by atoms with Gasteiger partial charge in [-0.15, -0.1) is 0 Å². The summed E-state index contributed by atoms with van der Waals surface area (Å²) in [7, 11) is 4.25. The van der Waals surface area contributed by atoms with E-state index in [1.54, 1.807) is 0 Å². The second-order valence-corrected chi connectivity index (χ2v) is 5.01. The highest BCUT2D eigenvalue weighted by atomic mass is 15.3. The van der Waals surface area contributed by atoms with Crippen molar-refractivity contribution >= 4 is 0 Å². The van der Waals surface area contributed by atoms with Gasteiger partial charge in [-0.1, -0.05) is 6.92 Å². The molecule has 1 fully saturated rings. The van der Waals surface area contributed by atoms with E-state index in [9.17, 15) is 0 Å². The van der Waals surface area contributed by atoms with Crippen LogP contribution in [0.4, 0.5) is 0 Å². The van der Waals surface area contributed by atoms with Crippen molar-refractivity contribution in [1.82, 2.24) is 20.0 Å². The number of nitrogens with zero attached hydrogens (tertiary/aromatic N) is 3. The maximum Gasteiger partial charge on any atom is 0.0625 e. The van der Waals surface area contributed by atoms with Gasteiger partial charge < -0.3 is 10.2 Å². The lowest BCUT2D eigenvalue weighted by Crippen LogP contribution is -2.35. The summed E-state index contributed by atoms with van der Waals surface area (Å²) in [5, 5.41) is 8.01. The predicted octanol–water partition coefficient (Wildman–Crippen LogP) is 1.17. The molecule has 1 saturated heterocycles. The quantitative estimate of drug-likeness (QED) is 0.833. The number of nitrogens with one attached hydrogen (secondary N) is 1. The minimum Gasteiger partial charge on any atom is -0.310 e. The smallest absolute Gasteiger partial charge is 0.0625 e. The normalized spacial score (nSPS) is 21.2. The van der Waals surface area contributed by atoms with Crippen LogP contribution in [-0.4, -0.2) is 40.9 Å². The van der Waals surface area contributed by atoms with Gasteiger partial charge in [-0.05, 0) is 38.9 Å². The average molecular weight is 236 g/mol. The Labute approximate surface area is 104 Å². The molecule has 0 radical (unpaired) electrons. The van der Waals surface area contributed by atoms with E-state index in [0.29, 0.717) is 6.04 Å². The number of hydrogen-bond donors (Lipinski definition) is 1. The van der Waals surface area contributed by atoms with Gasteiger partial charge in [0.15, 0.2) is 0 Å². The molecule has 1 aliphatic heterocycles. The van der Waals surface area contributed by atoms with Crippen molar-refractivity contribution in [2.24, 2.45) is 7.05 Å². The fourth-order valence-corrected chi connectivity index (χ4v) is 2.51. The Morgan fingerprint density at radius 3 is 2.88 bits per heavy atom. The van der Waals surface area contributed by atoms with E-state index in [1.165, 1.54) is 30.8 Å². The first-order valence-corrected chi connectivity index (χ1v) is 6.63. The first-order valence-electron chi connectivity index (χ1n) is 6.63. The molecule has 96 valence electrons. The second-order valence-electron chi connectivity index (χ2n) is 5.01. The fourth-order valence-electron chi connectivity index (χ4n) is 2.51. The zero-order chi connectivity index (χ0) is 12.3. The van der Waals surface area contributed by atoms with Crippen molar-refractivity contribution in [3.8, 4) is 0 Å². The van der Waals surface area contributed by atoms with E-state index in [4.69, 9.17) is 0 Å². The van der Waals surface area contributed by atoms with E-state index in [2.05, 4.69) is 35.4 Å². The van der Waals surface area contributed by atoms with Crippen molar-refractivity contribution in [1.29, 1.82) is 0 Å². The van der Waals surface area contributed by atoms with E-state index in [1.807, 2.05) is 11.7 Å². The fraction of sp³-hybridized carbons (Fsp3) is 0.769. The predicted molar refractivity (Wildman–Crippen MR) is 69.9 cm³/mol. The average Bonchev–Trinajstić information content (AvgIpc) is 2.87. The van der Waals surface area contributed by atoms with Crippen LogP contribution in [0, 0.1) is 0 Å². The van der Waals surface area contributed by atoms with Crippen LogP contribution in [0.5, 0.6) is 0 Å². The summed E-state index contributed by atoms with van der Waals surface area (Å²) >= 11 is 0. The van der Waals surface area contributed by atoms with Crippen molar-refractivity contribution in [2.45, 2.75) is 38.8 Å². The number of likely N-dealkylation sites (N-methyl/N-ethyl adjacent to an activating group) is 1. The molecule has 0 spiro atoms. The van der Waals surface area contributed by atoms with Gasteiger partial charge in [-0.2, -0.15) is 5.10 Å². The number of likely N-dealkylation sites (tertiary alicyclic amines) is 1. The molecule has 1 aromatic heterocycles. The van der Waals surface area contributed by atoms with Crippen molar-refractivity contribution < 1.29 is 0 Å². The lowest BCUT2D eigenvalue weighted by molar-refractivity contribution is 0.299. The Morgan fingerprint density at radius 1 is 1.47 bits per heavy atom. The third kappa shape index (κ3) is 3.07. The molecule has 4 heteroatoms. The minimum atomic E-state index is 0.717. The topological polar surface area (TPSA) is 33.1 Å². The third-order valence-corrected chi connectivity index (χ3v) is 3.75. The van der Waals surface area contributed by atoms with Crippen LogP contribution in [0.2, 0.25) is 0 Å². The summed E-state index contributed by atoms with van der Waals surface area (Å²) in [6, 6.07) is 2.92. The van der Waals surface area contributed by atoms with Crippen LogP contribution in [-0.2, 0) is 20.0 Å². The van der Waals surface area contributed by atoms with E-state index in [-0.39, 0.29) is 0 Å². The van der Waals surface area contributed by atoms with Gasteiger partial charge in [-0.3, -0.25) is 4.68 Å². The summed E-state index contributed by atoms with van der Waals surface area (Å²) in [6.07, 6.45) is 3.68. The molecule has 0 bridgehead atoms. The monoisotopic (exact) mass is 236 g/mol. The molecule has 1 N–H and O–H groups in total. The lowest BCUT2D eigenvalue weighted by atomic mass is 10.2. The summed E-state index contributed by atoms with van der Waals surface area (Å²) in [5.74, 6) is 0. The van der Waals surface area contributed by atoms with Gasteiger partial charge >= 0.3 is 0 Å². The molecule has 1 unspecified atom stereocenters. The van der Waals surface area contributed by atoms with Crippen molar-refractivity contribution in [2.75, 3.05) is 20.1 Å². The number of aromatic nitrogens is 2. The van der Waals surface area contributed by atoms with Gasteiger partial charge in [-0.25, -0.2) is 0 Å². The van der Waals surface area contributed by atoms with Gasteiger partial charge in [0.2, 0.25) is 0 Å². The van der Waals surface area contributed by atoms with Crippen molar-refractivity contribution in [3.05, 3.63) is 17.5 Å². The standard InChI is InChI=1S/C13H24N4/c1-4-11-8-13(17(3)15-11)10-14-9-12-6-5-7-16(12)2/h8,12,14H,4-7,9-10H2,1-3H3. The van der Waals surface area contributed by atoms with E-state index >= 15 is 0 Å². The first kappa shape index (κ1) is 12.6. The molecule has 2 rings (SSSR count). The molecule has 0 aliphatic carbocycles. The van der Waals surface area contributed by atoms with E-state index in [0.717, 1.165) is 19.5 Å². The number of hydrogen-bond acceptors (Lipinski definition) is 3. The Morgan fingerprint density at radius 2 is 2.29 bits per heavy atom. The largest absolute Gasteiger partial charge is 0.310 e. The Balaban J connectivity index is 1.79. The number of aryl methyl sites for hydroxylation is 2. The Hall–Kier alpha value is -0.870. The van der Waals surface area contributed by atoms with Crippen LogP contribution >= 0.6 is 0 Å². The molecule has 17 heavy (non-hydrogen) atoms. The molecule has 0 amide bonds. The number of rotatable bonds is 5. The summed E-state index contributed by atoms with van der Waals surface area (Å²) in [6.45, 7) is 5.40.